The van der Waals surface area contributed by atoms with Gasteiger partial charge in [0.2, 0.25) is 0 Å². The van der Waals surface area contributed by atoms with E-state index in [1.54, 1.807) is 0 Å². The minimum absolute atomic E-state index is 0.0260. The first-order valence-corrected chi connectivity index (χ1v) is 21.3. The maximum Gasteiger partial charge on any atom is 0.309 e. The summed E-state index contributed by atoms with van der Waals surface area (Å²) < 4.78 is 0. The van der Waals surface area contributed by atoms with E-state index in [2.05, 4.69) is 36.6 Å². The highest BCUT2D eigenvalue weighted by Crippen LogP contribution is 2.46. The molecule has 1 heterocycles. The van der Waals surface area contributed by atoms with Crippen molar-refractivity contribution in [3.8, 4) is 0 Å². The molecule has 0 amide bonds. The number of aliphatic carboxylic acids is 1. The number of hydrogen-bond acceptors (Lipinski definition) is 8. The van der Waals surface area contributed by atoms with E-state index in [1.165, 1.54) is 25.7 Å². The van der Waals surface area contributed by atoms with E-state index in [9.17, 15) is 30.3 Å². The standard InChI is InChI=1S/C42H77N3O6/c1-3-4-6-10-30-15-16-33(39(48)24-30)12-7-5-8-14-37(41(49)50)38(47)17-19-42(51)26-34(22-32-18-20-44-40(43)25-32)35(27-42)28-45-29(2)21-31-11-9-13-36(46)23-31/h15-16,29-40,44-48,51H,3-14,17-28,43H2,1-2H3,(H,49,50). The lowest BCUT2D eigenvalue weighted by Crippen LogP contribution is -2.44. The van der Waals surface area contributed by atoms with Gasteiger partial charge in [-0.3, -0.25) is 4.79 Å². The molecule has 0 spiro atoms. The maximum atomic E-state index is 12.3. The van der Waals surface area contributed by atoms with Crippen molar-refractivity contribution < 1.29 is 30.3 Å². The molecule has 13 atom stereocenters. The SMILES string of the molecule is CCCCCC1C=CC(CCCCCC(C(=O)O)C(O)CCC2(O)CC(CNC(C)CC3CCCC(O)C3)C(CC3CCNC(N)C3)C2)C(O)C1. The van der Waals surface area contributed by atoms with Crippen LogP contribution < -0.4 is 16.4 Å². The quantitative estimate of drug-likeness (QED) is 0.0476. The number of allylic oxidation sites excluding steroid dienone is 1. The zero-order valence-corrected chi connectivity index (χ0v) is 32.3. The first-order valence-electron chi connectivity index (χ1n) is 21.3. The summed E-state index contributed by atoms with van der Waals surface area (Å²) in [5.41, 5.74) is 5.34. The Morgan fingerprint density at radius 2 is 1.75 bits per heavy atom. The van der Waals surface area contributed by atoms with Crippen molar-refractivity contribution in [1.82, 2.24) is 10.6 Å². The second kappa shape index (κ2) is 21.7. The molecule has 4 aliphatic rings. The van der Waals surface area contributed by atoms with Crippen LogP contribution >= 0.6 is 0 Å². The fourth-order valence-corrected chi connectivity index (χ4v) is 10.4. The average molecular weight is 720 g/mol. The molecule has 9 N–H and O–H groups in total. The van der Waals surface area contributed by atoms with Gasteiger partial charge in [-0.25, -0.2) is 0 Å². The summed E-state index contributed by atoms with van der Waals surface area (Å²) >= 11 is 0. The van der Waals surface area contributed by atoms with E-state index in [4.69, 9.17) is 5.73 Å². The molecule has 1 saturated heterocycles. The Balaban J connectivity index is 1.22. The lowest BCUT2D eigenvalue weighted by atomic mass is 9.81. The van der Waals surface area contributed by atoms with Gasteiger partial charge in [0.05, 0.1) is 36.0 Å². The number of carbonyl (C=O) groups is 1. The predicted molar refractivity (Wildman–Crippen MR) is 205 cm³/mol. The van der Waals surface area contributed by atoms with Crippen LogP contribution in [0.3, 0.4) is 0 Å². The van der Waals surface area contributed by atoms with Crippen LogP contribution in [-0.4, -0.2) is 80.7 Å². The molecule has 13 unspecified atom stereocenters. The second-order valence-electron chi connectivity index (χ2n) is 17.9. The lowest BCUT2D eigenvalue weighted by Gasteiger charge is -2.32. The number of piperidine rings is 1. The highest BCUT2D eigenvalue weighted by molar-refractivity contribution is 5.70. The van der Waals surface area contributed by atoms with Gasteiger partial charge in [0.15, 0.2) is 0 Å². The Bertz CT molecular complexity index is 1030. The van der Waals surface area contributed by atoms with Crippen LogP contribution in [0.1, 0.15) is 155 Å². The van der Waals surface area contributed by atoms with E-state index in [1.807, 2.05) is 0 Å². The van der Waals surface area contributed by atoms with Crippen LogP contribution in [0.25, 0.3) is 0 Å². The third kappa shape index (κ3) is 14.6. The fourth-order valence-electron chi connectivity index (χ4n) is 10.4. The summed E-state index contributed by atoms with van der Waals surface area (Å²) in [5.74, 6) is 0.650. The van der Waals surface area contributed by atoms with E-state index in [0.717, 1.165) is 96.6 Å². The molecule has 0 aromatic heterocycles. The normalized spacial score (nSPS) is 36.2. The van der Waals surface area contributed by atoms with E-state index in [-0.39, 0.29) is 30.7 Å². The number of aliphatic hydroxyl groups excluding tert-OH is 3. The number of unbranched alkanes of at least 4 members (excludes halogenated alkanes) is 4. The zero-order chi connectivity index (χ0) is 36.8. The van der Waals surface area contributed by atoms with Crippen molar-refractivity contribution in [1.29, 1.82) is 0 Å². The molecule has 296 valence electrons. The van der Waals surface area contributed by atoms with Gasteiger partial charge in [0.1, 0.15) is 0 Å². The zero-order valence-electron chi connectivity index (χ0n) is 32.3. The summed E-state index contributed by atoms with van der Waals surface area (Å²) in [6.45, 7) is 6.23. The van der Waals surface area contributed by atoms with Crippen molar-refractivity contribution in [3.63, 3.8) is 0 Å². The minimum Gasteiger partial charge on any atom is -0.481 e. The highest BCUT2D eigenvalue weighted by atomic mass is 16.4. The molecular weight excluding hydrogens is 642 g/mol. The fraction of sp³-hybridized carbons (Fsp3) is 0.929. The van der Waals surface area contributed by atoms with Crippen LogP contribution in [0.15, 0.2) is 12.2 Å². The van der Waals surface area contributed by atoms with Gasteiger partial charge in [-0.15, -0.1) is 0 Å². The summed E-state index contributed by atoms with van der Waals surface area (Å²) in [6, 6.07) is 0.344. The van der Waals surface area contributed by atoms with Gasteiger partial charge in [-0.05, 0) is 139 Å². The van der Waals surface area contributed by atoms with Crippen LogP contribution in [0.4, 0.5) is 0 Å². The van der Waals surface area contributed by atoms with Gasteiger partial charge < -0.3 is 41.9 Å². The van der Waals surface area contributed by atoms with E-state index < -0.39 is 23.6 Å². The van der Waals surface area contributed by atoms with Crippen molar-refractivity contribution in [2.75, 3.05) is 13.1 Å². The number of nitrogens with two attached hydrogens (primary N) is 1. The van der Waals surface area contributed by atoms with Crippen LogP contribution in [-0.2, 0) is 4.79 Å². The molecule has 0 radical (unpaired) electrons. The number of aliphatic hydroxyl groups is 4. The number of hydrogen-bond donors (Lipinski definition) is 8. The molecule has 0 aromatic rings. The molecule has 51 heavy (non-hydrogen) atoms. The lowest BCUT2D eigenvalue weighted by molar-refractivity contribution is -0.146. The van der Waals surface area contributed by atoms with Gasteiger partial charge >= 0.3 is 5.97 Å². The van der Waals surface area contributed by atoms with Crippen LogP contribution in [0.2, 0.25) is 0 Å². The Morgan fingerprint density at radius 3 is 2.47 bits per heavy atom. The Kier molecular flexibility index (Phi) is 18.2. The molecule has 3 fully saturated rings. The van der Waals surface area contributed by atoms with E-state index in [0.29, 0.717) is 61.3 Å². The van der Waals surface area contributed by atoms with Crippen molar-refractivity contribution in [2.24, 2.45) is 47.2 Å². The Labute approximate surface area is 310 Å². The van der Waals surface area contributed by atoms with Gasteiger partial charge in [-0.1, -0.05) is 70.4 Å². The summed E-state index contributed by atoms with van der Waals surface area (Å²) in [5, 5.41) is 61.1. The summed E-state index contributed by atoms with van der Waals surface area (Å²) in [4.78, 5) is 12.3. The number of rotatable bonds is 22. The van der Waals surface area contributed by atoms with Crippen LogP contribution in [0, 0.1) is 41.4 Å². The molecule has 3 aliphatic carbocycles. The van der Waals surface area contributed by atoms with E-state index >= 15 is 0 Å². The number of nitrogens with one attached hydrogen (secondary N) is 2. The third-order valence-corrected chi connectivity index (χ3v) is 13.4. The summed E-state index contributed by atoms with van der Waals surface area (Å²) in [7, 11) is 0. The highest BCUT2D eigenvalue weighted by Gasteiger charge is 2.45. The minimum atomic E-state index is -0.983. The van der Waals surface area contributed by atoms with Crippen molar-refractivity contribution in [2.45, 2.75) is 191 Å². The smallest absolute Gasteiger partial charge is 0.309 e. The first-order chi connectivity index (χ1) is 24.4. The third-order valence-electron chi connectivity index (χ3n) is 13.4. The van der Waals surface area contributed by atoms with Gasteiger partial charge in [-0.2, -0.15) is 0 Å². The Morgan fingerprint density at radius 1 is 0.961 bits per heavy atom. The average Bonchev–Trinajstić information content (AvgIpc) is 3.39. The Hall–Kier alpha value is -1.07. The van der Waals surface area contributed by atoms with Crippen molar-refractivity contribution in [3.05, 3.63) is 12.2 Å². The molecular formula is C42H77N3O6. The largest absolute Gasteiger partial charge is 0.481 e. The van der Waals surface area contributed by atoms with Gasteiger partial charge in [0.25, 0.3) is 0 Å². The first kappa shape index (κ1) is 42.7. The number of carboxylic acids is 1. The summed E-state index contributed by atoms with van der Waals surface area (Å²) in [6.07, 6.45) is 23.0. The second-order valence-corrected chi connectivity index (χ2v) is 17.9. The molecule has 0 bridgehead atoms. The molecule has 2 saturated carbocycles. The molecule has 0 aromatic carbocycles. The topological polar surface area (TPSA) is 168 Å². The van der Waals surface area contributed by atoms with Crippen molar-refractivity contribution >= 4 is 5.97 Å². The van der Waals surface area contributed by atoms with Gasteiger partial charge in [0, 0.05) is 12.0 Å². The number of carboxylic acid groups (broad SMARTS) is 1. The molecule has 9 heteroatoms. The van der Waals surface area contributed by atoms with Crippen LogP contribution in [0.5, 0.6) is 0 Å². The molecule has 1 aliphatic heterocycles. The maximum absolute atomic E-state index is 12.3. The molecule has 9 nitrogen and oxygen atoms in total. The molecule has 4 rings (SSSR count). The monoisotopic (exact) mass is 720 g/mol. The predicted octanol–water partition coefficient (Wildman–Crippen LogP) is 6.26.